The van der Waals surface area contributed by atoms with Gasteiger partial charge in [0, 0.05) is 16.8 Å². The average Bonchev–Trinajstić information content (AvgIpc) is 2.61. The molecule has 5 heteroatoms. The second kappa shape index (κ2) is 7.15. The van der Waals surface area contributed by atoms with Crippen LogP contribution in [0.15, 0.2) is 72.9 Å². The van der Waals surface area contributed by atoms with Crippen molar-refractivity contribution in [2.24, 2.45) is 0 Å². The van der Waals surface area contributed by atoms with Gasteiger partial charge in [-0.2, -0.15) is 0 Å². The van der Waals surface area contributed by atoms with E-state index in [1.54, 1.807) is 54.7 Å². The normalized spacial score (nSPS) is 10.4. The van der Waals surface area contributed by atoms with E-state index in [4.69, 9.17) is 11.6 Å². The van der Waals surface area contributed by atoms with Crippen LogP contribution in [0.25, 0.3) is 0 Å². The van der Waals surface area contributed by atoms with Crippen LogP contribution in [0.1, 0.15) is 16.1 Å². The second-order valence-electron chi connectivity index (χ2n) is 5.21. The van der Waals surface area contributed by atoms with E-state index in [9.17, 15) is 9.90 Å². The van der Waals surface area contributed by atoms with E-state index in [1.807, 2.05) is 18.2 Å². The number of anilines is 1. The van der Waals surface area contributed by atoms with Crippen molar-refractivity contribution in [3.8, 4) is 5.75 Å². The van der Waals surface area contributed by atoms with Crippen LogP contribution < -0.4 is 4.90 Å². The summed E-state index contributed by atoms with van der Waals surface area (Å²) in [5, 5.41) is 10.7. The maximum absolute atomic E-state index is 13.0. The molecule has 1 N–H and O–H groups in total. The maximum Gasteiger partial charge on any atom is 0.258 e. The Kier molecular flexibility index (Phi) is 4.77. The molecule has 24 heavy (non-hydrogen) atoms. The number of carbonyl (C=O) groups excluding carboxylic acids is 1. The van der Waals surface area contributed by atoms with Crippen LogP contribution in [-0.4, -0.2) is 16.0 Å². The molecule has 0 aliphatic rings. The molecule has 1 heterocycles. The third-order valence-electron chi connectivity index (χ3n) is 3.54. The molecule has 0 bridgehead atoms. The highest BCUT2D eigenvalue weighted by Gasteiger charge is 2.21. The number of aromatic nitrogens is 1. The van der Waals surface area contributed by atoms with E-state index in [0.717, 1.165) is 5.69 Å². The van der Waals surface area contributed by atoms with Gasteiger partial charge in [-0.25, -0.2) is 0 Å². The van der Waals surface area contributed by atoms with Crippen LogP contribution in [0.2, 0.25) is 5.02 Å². The van der Waals surface area contributed by atoms with Crippen molar-refractivity contribution in [3.05, 3.63) is 89.2 Å². The van der Waals surface area contributed by atoms with E-state index in [-0.39, 0.29) is 18.2 Å². The number of hydrogen-bond donors (Lipinski definition) is 1. The summed E-state index contributed by atoms with van der Waals surface area (Å²) in [5.41, 5.74) is 1.59. The number of pyridine rings is 1. The monoisotopic (exact) mass is 338 g/mol. The smallest absolute Gasteiger partial charge is 0.258 e. The van der Waals surface area contributed by atoms with E-state index in [1.165, 1.54) is 4.90 Å². The van der Waals surface area contributed by atoms with Gasteiger partial charge in [-0.3, -0.25) is 14.7 Å². The Morgan fingerprint density at radius 2 is 1.83 bits per heavy atom. The molecule has 0 spiro atoms. The Bertz CT molecular complexity index is 853. The first-order valence-electron chi connectivity index (χ1n) is 7.40. The minimum atomic E-state index is -0.260. The molecular formula is C19H15ClN2O2. The van der Waals surface area contributed by atoms with Crippen LogP contribution in [-0.2, 0) is 6.54 Å². The van der Waals surface area contributed by atoms with Gasteiger partial charge >= 0.3 is 0 Å². The number of phenols is 1. The second-order valence-corrected chi connectivity index (χ2v) is 5.65. The van der Waals surface area contributed by atoms with Crippen molar-refractivity contribution in [1.29, 1.82) is 0 Å². The highest BCUT2D eigenvalue weighted by Crippen LogP contribution is 2.29. The van der Waals surface area contributed by atoms with E-state index in [2.05, 4.69) is 4.98 Å². The number of para-hydroxylation sites is 2. The molecule has 120 valence electrons. The number of phenolic OH excluding ortho intramolecular Hbond substituents is 1. The topological polar surface area (TPSA) is 53.4 Å². The number of nitrogens with zero attached hydrogens (tertiary/aromatic N) is 2. The van der Waals surface area contributed by atoms with Crippen LogP contribution in [0, 0.1) is 0 Å². The van der Waals surface area contributed by atoms with Gasteiger partial charge in [-0.05, 0) is 42.5 Å². The fourth-order valence-electron chi connectivity index (χ4n) is 2.39. The summed E-state index contributed by atoms with van der Waals surface area (Å²) < 4.78 is 0. The van der Waals surface area contributed by atoms with Crippen LogP contribution in [0.3, 0.4) is 0 Å². The van der Waals surface area contributed by atoms with Gasteiger partial charge in [0.05, 0.1) is 17.9 Å². The summed E-state index contributed by atoms with van der Waals surface area (Å²) in [5.74, 6) is -0.228. The van der Waals surface area contributed by atoms with Gasteiger partial charge in [0.1, 0.15) is 5.75 Å². The van der Waals surface area contributed by atoms with Gasteiger partial charge in [-0.1, -0.05) is 35.9 Å². The Balaban J connectivity index is 2.01. The quantitative estimate of drug-likeness (QED) is 0.772. The van der Waals surface area contributed by atoms with Crippen LogP contribution in [0.5, 0.6) is 5.75 Å². The van der Waals surface area contributed by atoms with Crippen LogP contribution >= 0.6 is 11.6 Å². The minimum Gasteiger partial charge on any atom is -0.506 e. The molecule has 0 fully saturated rings. The molecule has 1 amide bonds. The summed E-state index contributed by atoms with van der Waals surface area (Å²) in [6, 6.07) is 19.0. The number of carbonyl (C=O) groups is 1. The van der Waals surface area contributed by atoms with Gasteiger partial charge in [-0.15, -0.1) is 0 Å². The van der Waals surface area contributed by atoms with Crippen molar-refractivity contribution in [2.75, 3.05) is 4.90 Å². The highest BCUT2D eigenvalue weighted by atomic mass is 35.5. The molecule has 3 rings (SSSR count). The first-order valence-corrected chi connectivity index (χ1v) is 7.78. The first kappa shape index (κ1) is 16.0. The Labute approximate surface area is 145 Å². The summed E-state index contributed by atoms with van der Waals surface area (Å²) in [7, 11) is 0. The minimum absolute atomic E-state index is 0.0313. The van der Waals surface area contributed by atoms with Crippen molar-refractivity contribution in [1.82, 2.24) is 4.98 Å². The largest absolute Gasteiger partial charge is 0.506 e. The molecule has 4 nitrogen and oxygen atoms in total. The van der Waals surface area contributed by atoms with Gasteiger partial charge in [0.15, 0.2) is 0 Å². The molecule has 0 unspecified atom stereocenters. The lowest BCUT2D eigenvalue weighted by atomic mass is 10.1. The molecular weight excluding hydrogens is 324 g/mol. The maximum atomic E-state index is 13.0. The van der Waals surface area contributed by atoms with Crippen molar-refractivity contribution >= 4 is 23.2 Å². The molecule has 0 aliphatic carbocycles. The fraction of sp³-hybridized carbons (Fsp3) is 0.0526. The molecule has 0 radical (unpaired) electrons. The average molecular weight is 339 g/mol. The molecule has 0 saturated heterocycles. The van der Waals surface area contributed by atoms with Crippen molar-refractivity contribution in [3.63, 3.8) is 0 Å². The summed E-state index contributed by atoms with van der Waals surface area (Å²) in [6.07, 6.45) is 1.67. The van der Waals surface area contributed by atoms with Crippen molar-refractivity contribution in [2.45, 2.75) is 6.54 Å². The number of halogens is 1. The predicted octanol–water partition coefficient (Wildman–Crippen LogP) is 4.29. The number of hydrogen-bond acceptors (Lipinski definition) is 3. The number of aromatic hydroxyl groups is 1. The summed E-state index contributed by atoms with van der Waals surface area (Å²) in [6.45, 7) is 0.240. The van der Waals surface area contributed by atoms with Gasteiger partial charge < -0.3 is 5.11 Å². The van der Waals surface area contributed by atoms with Crippen LogP contribution in [0.4, 0.5) is 5.69 Å². The SMILES string of the molecule is O=C(c1cccc(Cl)c1)N(Cc1ccccn1)c1ccccc1O. The van der Waals surface area contributed by atoms with Gasteiger partial charge in [0.25, 0.3) is 5.91 Å². The lowest BCUT2D eigenvalue weighted by Crippen LogP contribution is -2.30. The number of amides is 1. The molecule has 1 aromatic heterocycles. The van der Waals surface area contributed by atoms with E-state index < -0.39 is 0 Å². The zero-order chi connectivity index (χ0) is 16.9. The molecule has 2 aromatic carbocycles. The lowest BCUT2D eigenvalue weighted by molar-refractivity contribution is 0.0984. The number of rotatable bonds is 4. The summed E-state index contributed by atoms with van der Waals surface area (Å²) >= 11 is 6.00. The van der Waals surface area contributed by atoms with Gasteiger partial charge in [0.2, 0.25) is 0 Å². The molecule has 3 aromatic rings. The molecule has 0 atom stereocenters. The highest BCUT2D eigenvalue weighted by molar-refractivity contribution is 6.31. The third kappa shape index (κ3) is 3.55. The standard InChI is InChI=1S/C19H15ClN2O2/c20-15-7-5-6-14(12-15)19(24)22(13-16-8-3-4-11-21-16)17-9-1-2-10-18(17)23/h1-12,23H,13H2. The lowest BCUT2D eigenvalue weighted by Gasteiger charge is -2.23. The van der Waals surface area contributed by atoms with Crippen molar-refractivity contribution < 1.29 is 9.90 Å². The Morgan fingerprint density at radius 1 is 1.04 bits per heavy atom. The molecule has 0 saturated carbocycles. The zero-order valence-corrected chi connectivity index (χ0v) is 13.5. The molecule has 0 aliphatic heterocycles. The van der Waals surface area contributed by atoms with E-state index in [0.29, 0.717) is 16.3 Å². The Hall–Kier alpha value is -2.85. The van der Waals surface area contributed by atoms with E-state index >= 15 is 0 Å². The predicted molar refractivity (Wildman–Crippen MR) is 94.3 cm³/mol. The fourth-order valence-corrected chi connectivity index (χ4v) is 2.58. The summed E-state index contributed by atoms with van der Waals surface area (Å²) in [4.78, 5) is 18.7. The zero-order valence-electron chi connectivity index (χ0n) is 12.8. The number of benzene rings is 2. The first-order chi connectivity index (χ1) is 11.6. The third-order valence-corrected chi connectivity index (χ3v) is 3.77. The Morgan fingerprint density at radius 3 is 2.54 bits per heavy atom.